The highest BCUT2D eigenvalue weighted by Gasteiger charge is 2.14. The van der Waals surface area contributed by atoms with E-state index in [1.807, 2.05) is 18.3 Å². The van der Waals surface area contributed by atoms with E-state index in [2.05, 4.69) is 21.3 Å². The Hall–Kier alpha value is -3.92. The first-order valence-corrected chi connectivity index (χ1v) is 7.50. The van der Waals surface area contributed by atoms with Crippen LogP contribution in [0.15, 0.2) is 67.3 Å². The predicted octanol–water partition coefficient (Wildman–Crippen LogP) is 2.70. The Morgan fingerprint density at radius 1 is 1.00 bits per heavy atom. The average molecular weight is 328 g/mol. The van der Waals surface area contributed by atoms with Crippen LogP contribution in [0.5, 0.6) is 5.88 Å². The van der Waals surface area contributed by atoms with Gasteiger partial charge < -0.3 is 5.11 Å². The summed E-state index contributed by atoms with van der Waals surface area (Å²) in [4.78, 5) is 4.34. The molecule has 1 aromatic carbocycles. The maximum absolute atomic E-state index is 10.5. The van der Waals surface area contributed by atoms with Crippen LogP contribution in [0.3, 0.4) is 0 Å². The molecule has 0 aliphatic rings. The van der Waals surface area contributed by atoms with Crippen LogP contribution in [0.2, 0.25) is 0 Å². The van der Waals surface area contributed by atoms with Crippen LogP contribution in [0, 0.1) is 11.3 Å². The quantitative estimate of drug-likeness (QED) is 0.624. The Balaban J connectivity index is 1.67. The molecule has 4 rings (SSSR count). The van der Waals surface area contributed by atoms with Gasteiger partial charge in [-0.3, -0.25) is 0 Å². The predicted molar refractivity (Wildman–Crippen MR) is 90.3 cm³/mol. The van der Waals surface area contributed by atoms with E-state index < -0.39 is 0 Å². The Bertz CT molecular complexity index is 1040. The second kappa shape index (κ2) is 5.94. The lowest BCUT2D eigenvalue weighted by Gasteiger charge is -2.05. The molecule has 0 atom stereocenters. The van der Waals surface area contributed by atoms with Gasteiger partial charge in [0, 0.05) is 12.4 Å². The first-order chi connectivity index (χ1) is 12.3. The molecule has 25 heavy (non-hydrogen) atoms. The monoisotopic (exact) mass is 328 g/mol. The Kier molecular flexibility index (Phi) is 3.48. The Morgan fingerprint density at radius 3 is 2.48 bits per heavy atom. The van der Waals surface area contributed by atoms with E-state index in [1.165, 1.54) is 4.68 Å². The van der Waals surface area contributed by atoms with Crippen molar-refractivity contribution in [1.29, 1.82) is 5.26 Å². The molecular weight excluding hydrogens is 316 g/mol. The van der Waals surface area contributed by atoms with Gasteiger partial charge in [0.05, 0.1) is 35.3 Å². The van der Waals surface area contributed by atoms with Crippen LogP contribution in [-0.2, 0) is 0 Å². The smallest absolute Gasteiger partial charge is 0.223 e. The first kappa shape index (κ1) is 14.7. The van der Waals surface area contributed by atoms with Crippen LogP contribution < -0.4 is 0 Å². The van der Waals surface area contributed by atoms with E-state index in [0.717, 1.165) is 11.3 Å². The van der Waals surface area contributed by atoms with Crippen molar-refractivity contribution in [2.45, 2.75) is 0 Å². The van der Waals surface area contributed by atoms with E-state index in [1.54, 1.807) is 53.6 Å². The standard InChI is InChI=1S/C18H12N6O/c19-10-13-2-4-14(5-3-13)16-12-22-24(18(16)25)17-7-6-15(11-20-17)23-9-1-8-21-23/h1-9,11-12,25H. The zero-order valence-corrected chi connectivity index (χ0v) is 13.0. The van der Waals surface area contributed by atoms with E-state index in [-0.39, 0.29) is 5.88 Å². The zero-order valence-electron chi connectivity index (χ0n) is 13.0. The van der Waals surface area contributed by atoms with Gasteiger partial charge in [0.25, 0.3) is 0 Å². The van der Waals surface area contributed by atoms with Crippen molar-refractivity contribution in [2.75, 3.05) is 0 Å². The lowest BCUT2D eigenvalue weighted by Crippen LogP contribution is -2.01. The third-order valence-corrected chi connectivity index (χ3v) is 3.79. The largest absolute Gasteiger partial charge is 0.493 e. The van der Waals surface area contributed by atoms with Crippen molar-refractivity contribution in [2.24, 2.45) is 0 Å². The van der Waals surface area contributed by atoms with E-state index in [9.17, 15) is 5.11 Å². The van der Waals surface area contributed by atoms with Crippen molar-refractivity contribution in [3.63, 3.8) is 0 Å². The molecule has 120 valence electrons. The number of nitriles is 1. The second-order valence-corrected chi connectivity index (χ2v) is 5.31. The van der Waals surface area contributed by atoms with Crippen LogP contribution in [0.25, 0.3) is 22.6 Å². The molecule has 0 unspecified atom stereocenters. The molecule has 7 heteroatoms. The van der Waals surface area contributed by atoms with Gasteiger partial charge in [-0.05, 0) is 35.9 Å². The van der Waals surface area contributed by atoms with Crippen molar-refractivity contribution in [1.82, 2.24) is 24.5 Å². The van der Waals surface area contributed by atoms with Crippen molar-refractivity contribution < 1.29 is 5.11 Å². The molecular formula is C18H12N6O. The molecule has 0 amide bonds. The number of hydrogen-bond acceptors (Lipinski definition) is 5. The average Bonchev–Trinajstić information content (AvgIpc) is 3.32. The maximum atomic E-state index is 10.5. The third kappa shape index (κ3) is 2.62. The number of hydrogen-bond donors (Lipinski definition) is 1. The fraction of sp³-hybridized carbons (Fsp3) is 0. The molecule has 4 aromatic rings. The van der Waals surface area contributed by atoms with Gasteiger partial charge in [0.1, 0.15) is 0 Å². The highest BCUT2D eigenvalue weighted by atomic mass is 16.3. The SMILES string of the molecule is N#Cc1ccc(-c2cnn(-c3ccc(-n4cccn4)cn3)c2O)cc1. The molecule has 1 N–H and O–H groups in total. The maximum Gasteiger partial charge on any atom is 0.223 e. The van der Waals surface area contributed by atoms with Gasteiger partial charge in [-0.15, -0.1) is 0 Å². The third-order valence-electron chi connectivity index (χ3n) is 3.79. The van der Waals surface area contributed by atoms with Gasteiger partial charge in [0.15, 0.2) is 5.82 Å². The lowest BCUT2D eigenvalue weighted by atomic mass is 10.1. The number of aromatic nitrogens is 5. The molecule has 0 aliphatic heterocycles. The van der Waals surface area contributed by atoms with Crippen molar-refractivity contribution in [3.8, 4) is 34.6 Å². The summed E-state index contributed by atoms with van der Waals surface area (Å²) in [6.07, 6.45) is 6.74. The summed E-state index contributed by atoms with van der Waals surface area (Å²) in [5, 5.41) is 27.7. The highest BCUT2D eigenvalue weighted by molar-refractivity contribution is 5.69. The summed E-state index contributed by atoms with van der Waals surface area (Å²) in [5.41, 5.74) is 2.72. The molecule has 0 fully saturated rings. The molecule has 0 saturated heterocycles. The second-order valence-electron chi connectivity index (χ2n) is 5.31. The summed E-state index contributed by atoms with van der Waals surface area (Å²) in [6.45, 7) is 0. The summed E-state index contributed by atoms with van der Waals surface area (Å²) in [7, 11) is 0. The number of rotatable bonds is 3. The van der Waals surface area contributed by atoms with Crippen LogP contribution in [0.4, 0.5) is 0 Å². The number of pyridine rings is 1. The van der Waals surface area contributed by atoms with Crippen molar-refractivity contribution in [3.05, 3.63) is 72.8 Å². The fourth-order valence-electron chi connectivity index (χ4n) is 2.50. The summed E-state index contributed by atoms with van der Waals surface area (Å²) in [5.74, 6) is 0.484. The molecule has 3 heterocycles. The Labute approximate surface area is 143 Å². The van der Waals surface area contributed by atoms with Crippen LogP contribution >= 0.6 is 0 Å². The number of nitrogens with zero attached hydrogens (tertiary/aromatic N) is 6. The van der Waals surface area contributed by atoms with Gasteiger partial charge in [-0.2, -0.15) is 20.1 Å². The van der Waals surface area contributed by atoms with E-state index >= 15 is 0 Å². The number of benzene rings is 1. The van der Waals surface area contributed by atoms with Crippen LogP contribution in [-0.4, -0.2) is 29.7 Å². The fourth-order valence-corrected chi connectivity index (χ4v) is 2.50. The summed E-state index contributed by atoms with van der Waals surface area (Å²) >= 11 is 0. The minimum Gasteiger partial charge on any atom is -0.493 e. The molecule has 0 spiro atoms. The first-order valence-electron chi connectivity index (χ1n) is 7.50. The molecule has 0 radical (unpaired) electrons. The van der Waals surface area contributed by atoms with E-state index in [4.69, 9.17) is 5.26 Å². The van der Waals surface area contributed by atoms with Gasteiger partial charge in [0.2, 0.25) is 5.88 Å². The molecule has 3 aromatic heterocycles. The Morgan fingerprint density at radius 2 is 1.84 bits per heavy atom. The number of aromatic hydroxyl groups is 1. The van der Waals surface area contributed by atoms with E-state index in [0.29, 0.717) is 16.9 Å². The zero-order chi connectivity index (χ0) is 17.2. The van der Waals surface area contributed by atoms with Crippen molar-refractivity contribution >= 4 is 0 Å². The van der Waals surface area contributed by atoms with Gasteiger partial charge >= 0.3 is 0 Å². The molecule has 0 bridgehead atoms. The normalized spacial score (nSPS) is 10.5. The highest BCUT2D eigenvalue weighted by Crippen LogP contribution is 2.30. The summed E-state index contributed by atoms with van der Waals surface area (Å²) < 4.78 is 3.06. The van der Waals surface area contributed by atoms with Gasteiger partial charge in [-0.1, -0.05) is 12.1 Å². The minimum absolute atomic E-state index is 0.0101. The topological polar surface area (TPSA) is 92.5 Å². The minimum atomic E-state index is -0.0101. The van der Waals surface area contributed by atoms with Gasteiger partial charge in [-0.25, -0.2) is 9.67 Å². The summed E-state index contributed by atoms with van der Waals surface area (Å²) in [6, 6.07) is 14.4. The molecule has 0 aliphatic carbocycles. The molecule has 0 saturated carbocycles. The molecule has 7 nitrogen and oxygen atoms in total. The lowest BCUT2D eigenvalue weighted by molar-refractivity contribution is 0.433. The van der Waals surface area contributed by atoms with Crippen LogP contribution in [0.1, 0.15) is 5.56 Å².